The van der Waals surface area contributed by atoms with Crippen molar-refractivity contribution >= 4 is 17.6 Å². The molecule has 0 aliphatic heterocycles. The van der Waals surface area contributed by atoms with Crippen LogP contribution in [0.5, 0.6) is 0 Å². The SMILES string of the molecule is CCOC(C)c1ccc(-c2cc(N)nc(SC)n2)cc1. The first-order chi connectivity index (χ1) is 9.63. The summed E-state index contributed by atoms with van der Waals surface area (Å²) in [5.41, 5.74) is 8.84. The molecular formula is C15H19N3OS. The average molecular weight is 289 g/mol. The second-order valence-corrected chi connectivity index (χ2v) is 5.16. The number of nitrogens with zero attached hydrogens (tertiary/aromatic N) is 2. The van der Waals surface area contributed by atoms with Crippen LogP contribution < -0.4 is 5.73 Å². The van der Waals surface area contributed by atoms with Gasteiger partial charge >= 0.3 is 0 Å². The number of thioether (sulfide) groups is 1. The van der Waals surface area contributed by atoms with E-state index in [2.05, 4.69) is 22.1 Å². The molecule has 1 atom stereocenters. The molecule has 2 rings (SSSR count). The van der Waals surface area contributed by atoms with Crippen LogP contribution in [-0.4, -0.2) is 22.8 Å². The van der Waals surface area contributed by atoms with Crippen LogP contribution in [0, 0.1) is 0 Å². The lowest BCUT2D eigenvalue weighted by molar-refractivity contribution is 0.0764. The van der Waals surface area contributed by atoms with Crippen molar-refractivity contribution in [2.75, 3.05) is 18.6 Å². The summed E-state index contributed by atoms with van der Waals surface area (Å²) >= 11 is 1.48. The minimum absolute atomic E-state index is 0.103. The van der Waals surface area contributed by atoms with Crippen molar-refractivity contribution in [3.05, 3.63) is 35.9 Å². The molecule has 4 nitrogen and oxygen atoms in total. The summed E-state index contributed by atoms with van der Waals surface area (Å²) in [5, 5.41) is 0.687. The Kier molecular flexibility index (Phi) is 4.98. The largest absolute Gasteiger partial charge is 0.384 e. The van der Waals surface area contributed by atoms with Crippen LogP contribution in [0.4, 0.5) is 5.82 Å². The van der Waals surface area contributed by atoms with E-state index in [4.69, 9.17) is 10.5 Å². The molecule has 2 aromatic rings. The highest BCUT2D eigenvalue weighted by Gasteiger charge is 2.07. The highest BCUT2D eigenvalue weighted by atomic mass is 32.2. The highest BCUT2D eigenvalue weighted by molar-refractivity contribution is 7.98. The molecule has 0 radical (unpaired) electrons. The fourth-order valence-corrected chi connectivity index (χ4v) is 2.34. The highest BCUT2D eigenvalue weighted by Crippen LogP contribution is 2.24. The van der Waals surface area contributed by atoms with Crippen molar-refractivity contribution in [1.82, 2.24) is 9.97 Å². The Bertz CT molecular complexity index is 572. The third-order valence-corrected chi connectivity index (χ3v) is 3.55. The molecule has 0 amide bonds. The van der Waals surface area contributed by atoms with Gasteiger partial charge in [-0.25, -0.2) is 9.97 Å². The molecule has 106 valence electrons. The van der Waals surface area contributed by atoms with Crippen LogP contribution in [0.3, 0.4) is 0 Å². The lowest BCUT2D eigenvalue weighted by atomic mass is 10.1. The van der Waals surface area contributed by atoms with Crippen molar-refractivity contribution in [2.24, 2.45) is 0 Å². The minimum atomic E-state index is 0.103. The molecule has 0 saturated heterocycles. The van der Waals surface area contributed by atoms with Crippen molar-refractivity contribution in [1.29, 1.82) is 0 Å². The van der Waals surface area contributed by atoms with Gasteiger partial charge in [0.2, 0.25) is 0 Å². The molecule has 1 heterocycles. The van der Waals surface area contributed by atoms with Gasteiger partial charge in [0.15, 0.2) is 5.16 Å². The third kappa shape index (κ3) is 3.49. The van der Waals surface area contributed by atoms with Crippen LogP contribution in [0.25, 0.3) is 11.3 Å². The van der Waals surface area contributed by atoms with Gasteiger partial charge in [-0.05, 0) is 25.7 Å². The molecule has 0 spiro atoms. The van der Waals surface area contributed by atoms with Crippen LogP contribution >= 0.6 is 11.8 Å². The van der Waals surface area contributed by atoms with E-state index < -0.39 is 0 Å². The summed E-state index contributed by atoms with van der Waals surface area (Å²) in [6.07, 6.45) is 2.04. The Balaban J connectivity index is 2.28. The average Bonchev–Trinajstić information content (AvgIpc) is 2.47. The second kappa shape index (κ2) is 6.72. The van der Waals surface area contributed by atoms with E-state index in [-0.39, 0.29) is 6.10 Å². The first-order valence-corrected chi connectivity index (χ1v) is 7.77. The number of nitrogen functional groups attached to an aromatic ring is 1. The Morgan fingerprint density at radius 2 is 1.95 bits per heavy atom. The molecule has 20 heavy (non-hydrogen) atoms. The van der Waals surface area contributed by atoms with Crippen LogP contribution in [0.2, 0.25) is 0 Å². The van der Waals surface area contributed by atoms with Gasteiger partial charge in [0.25, 0.3) is 0 Å². The van der Waals surface area contributed by atoms with Crippen molar-refractivity contribution in [3.8, 4) is 11.3 Å². The van der Waals surface area contributed by atoms with Crippen LogP contribution in [0.1, 0.15) is 25.5 Å². The standard InChI is InChI=1S/C15H19N3OS/c1-4-19-10(2)11-5-7-12(8-6-11)13-9-14(16)18-15(17-13)20-3/h5-10H,4H2,1-3H3,(H2,16,17,18). The van der Waals surface area contributed by atoms with Crippen molar-refractivity contribution < 1.29 is 4.74 Å². The fraction of sp³-hybridized carbons (Fsp3) is 0.333. The molecule has 5 heteroatoms. The topological polar surface area (TPSA) is 61.0 Å². The van der Waals surface area contributed by atoms with Crippen molar-refractivity contribution in [2.45, 2.75) is 25.1 Å². The third-order valence-electron chi connectivity index (χ3n) is 3.00. The molecule has 1 aromatic heterocycles. The van der Waals surface area contributed by atoms with Gasteiger partial charge < -0.3 is 10.5 Å². The number of hydrogen-bond donors (Lipinski definition) is 1. The van der Waals surface area contributed by atoms with Gasteiger partial charge in [-0.15, -0.1) is 0 Å². The molecule has 0 fully saturated rings. The number of ether oxygens (including phenoxy) is 1. The molecule has 0 aliphatic carbocycles. The monoisotopic (exact) mass is 289 g/mol. The maximum absolute atomic E-state index is 5.81. The number of rotatable bonds is 5. The van der Waals surface area contributed by atoms with E-state index >= 15 is 0 Å². The summed E-state index contributed by atoms with van der Waals surface area (Å²) < 4.78 is 5.58. The first kappa shape index (κ1) is 14.8. The zero-order valence-corrected chi connectivity index (χ0v) is 12.8. The maximum Gasteiger partial charge on any atom is 0.189 e. The number of aromatic nitrogens is 2. The number of nitrogens with two attached hydrogens (primary N) is 1. The Morgan fingerprint density at radius 3 is 2.55 bits per heavy atom. The smallest absolute Gasteiger partial charge is 0.189 e. The van der Waals surface area contributed by atoms with E-state index in [1.165, 1.54) is 11.8 Å². The molecular weight excluding hydrogens is 270 g/mol. The maximum atomic E-state index is 5.81. The summed E-state index contributed by atoms with van der Waals surface area (Å²) in [7, 11) is 0. The molecule has 1 unspecified atom stereocenters. The fourth-order valence-electron chi connectivity index (χ4n) is 1.95. The normalized spacial score (nSPS) is 12.3. The van der Waals surface area contributed by atoms with Gasteiger partial charge in [-0.1, -0.05) is 36.0 Å². The Morgan fingerprint density at radius 1 is 1.25 bits per heavy atom. The predicted molar refractivity (Wildman–Crippen MR) is 83.7 cm³/mol. The van der Waals surface area contributed by atoms with E-state index in [0.29, 0.717) is 17.6 Å². The van der Waals surface area contributed by atoms with Gasteiger partial charge in [0, 0.05) is 18.2 Å². The van der Waals surface area contributed by atoms with Crippen LogP contribution in [-0.2, 0) is 4.74 Å². The minimum Gasteiger partial charge on any atom is -0.384 e. The Labute approximate surface area is 123 Å². The molecule has 1 aromatic carbocycles. The molecule has 0 bridgehead atoms. The quantitative estimate of drug-likeness (QED) is 0.674. The zero-order valence-electron chi connectivity index (χ0n) is 12.0. The van der Waals surface area contributed by atoms with Crippen LogP contribution in [0.15, 0.2) is 35.5 Å². The number of hydrogen-bond acceptors (Lipinski definition) is 5. The van der Waals surface area contributed by atoms with Gasteiger partial charge in [-0.3, -0.25) is 0 Å². The molecule has 0 aliphatic rings. The number of anilines is 1. The van der Waals surface area contributed by atoms with Gasteiger partial charge in [-0.2, -0.15) is 0 Å². The second-order valence-electron chi connectivity index (χ2n) is 4.38. The van der Waals surface area contributed by atoms with E-state index in [1.807, 2.05) is 32.2 Å². The zero-order chi connectivity index (χ0) is 14.5. The summed E-state index contributed by atoms with van der Waals surface area (Å²) in [4.78, 5) is 8.63. The molecule has 2 N–H and O–H groups in total. The van der Waals surface area contributed by atoms with E-state index in [1.54, 1.807) is 6.07 Å². The van der Waals surface area contributed by atoms with Gasteiger partial charge in [0.1, 0.15) is 5.82 Å². The lowest BCUT2D eigenvalue weighted by Crippen LogP contribution is -1.99. The van der Waals surface area contributed by atoms with E-state index in [9.17, 15) is 0 Å². The summed E-state index contributed by atoms with van der Waals surface area (Å²) in [6.45, 7) is 4.76. The summed E-state index contributed by atoms with van der Waals surface area (Å²) in [6, 6.07) is 9.99. The molecule has 0 saturated carbocycles. The Hall–Kier alpha value is -1.59. The predicted octanol–water partition coefficient (Wildman–Crippen LogP) is 3.55. The van der Waals surface area contributed by atoms with E-state index in [0.717, 1.165) is 16.8 Å². The summed E-state index contributed by atoms with van der Waals surface area (Å²) in [5.74, 6) is 0.492. The van der Waals surface area contributed by atoms with Gasteiger partial charge in [0.05, 0.1) is 11.8 Å². The lowest BCUT2D eigenvalue weighted by Gasteiger charge is -2.12. The first-order valence-electron chi connectivity index (χ1n) is 6.54. The number of benzene rings is 1. The van der Waals surface area contributed by atoms with Crippen molar-refractivity contribution in [3.63, 3.8) is 0 Å².